The van der Waals surface area contributed by atoms with Crippen molar-refractivity contribution in [1.29, 1.82) is 0 Å². The molecule has 0 heterocycles. The van der Waals surface area contributed by atoms with Gasteiger partial charge < -0.3 is 15.2 Å². The summed E-state index contributed by atoms with van der Waals surface area (Å²) in [7, 11) is 0. The maximum atomic E-state index is 12.4. The molecule has 2 bridgehead atoms. The number of rotatable bonds is 3. The molecule has 0 saturated heterocycles. The van der Waals surface area contributed by atoms with Gasteiger partial charge in [-0.05, 0) is 36.5 Å². The number of halogens is 1. The lowest BCUT2D eigenvalue weighted by molar-refractivity contribution is -0.313. The second-order valence-electron chi connectivity index (χ2n) is 5.32. The molecule has 2 aliphatic rings. The average Bonchev–Trinajstić information content (AvgIpc) is 2.98. The van der Waals surface area contributed by atoms with Crippen LogP contribution < -0.4 is 10.4 Å². The molecule has 4 atom stereocenters. The summed E-state index contributed by atoms with van der Waals surface area (Å²) in [5.41, 5.74) is 0.575. The molecule has 1 aromatic rings. The van der Waals surface area contributed by atoms with Crippen molar-refractivity contribution in [3.63, 3.8) is 0 Å². The van der Waals surface area contributed by atoms with Crippen LogP contribution in [-0.4, -0.2) is 11.9 Å². The molecule has 20 heavy (non-hydrogen) atoms. The number of carbonyl (C=O) groups excluding carboxylic acids is 2. The standard InChI is InChI=1S/C15H14ClNO3/c16-10-2-1-3-11(7-10)17-14(18)12-8-4-5-9(6-8)13(12)15(19)20/h1-5,7-9,12-13H,6H2,(H,17,18)(H,19,20)/p-1/t8-,9-,12+,13-/m0/s1. The maximum Gasteiger partial charge on any atom is 0.228 e. The Balaban J connectivity index is 1.80. The van der Waals surface area contributed by atoms with Gasteiger partial charge >= 0.3 is 0 Å². The molecule has 5 heteroatoms. The van der Waals surface area contributed by atoms with Gasteiger partial charge in [-0.2, -0.15) is 0 Å². The lowest BCUT2D eigenvalue weighted by atomic mass is 9.82. The molecular formula is C15H13ClNO3-. The Labute approximate surface area is 121 Å². The fraction of sp³-hybridized carbons (Fsp3) is 0.333. The predicted octanol–water partition coefficient (Wildman–Crippen LogP) is 1.47. The number of amides is 1. The molecule has 0 aliphatic heterocycles. The molecule has 0 radical (unpaired) electrons. The summed E-state index contributed by atoms with van der Waals surface area (Å²) in [4.78, 5) is 23.6. The monoisotopic (exact) mass is 290 g/mol. The Morgan fingerprint density at radius 1 is 1.20 bits per heavy atom. The number of carbonyl (C=O) groups is 2. The quantitative estimate of drug-likeness (QED) is 0.857. The highest BCUT2D eigenvalue weighted by atomic mass is 35.5. The summed E-state index contributed by atoms with van der Waals surface area (Å²) in [5, 5.41) is 14.5. The number of carboxylic acids is 1. The zero-order valence-corrected chi connectivity index (χ0v) is 11.3. The van der Waals surface area contributed by atoms with E-state index in [0.29, 0.717) is 17.1 Å². The minimum atomic E-state index is -1.15. The minimum Gasteiger partial charge on any atom is -0.550 e. The lowest BCUT2D eigenvalue weighted by Crippen LogP contribution is -2.42. The molecule has 1 fully saturated rings. The van der Waals surface area contributed by atoms with Crippen molar-refractivity contribution < 1.29 is 14.7 Å². The number of allylic oxidation sites excluding steroid dienone is 2. The normalized spacial score (nSPS) is 30.4. The SMILES string of the molecule is O=C([O-])[C@@H]1[C@H](C(=O)Nc2cccc(Cl)c2)[C@H]2C=C[C@H]1C2. The van der Waals surface area contributed by atoms with Crippen LogP contribution in [0.2, 0.25) is 5.02 Å². The first kappa shape index (κ1) is 13.2. The van der Waals surface area contributed by atoms with Crippen molar-refractivity contribution in [2.75, 3.05) is 5.32 Å². The molecule has 1 N–H and O–H groups in total. The van der Waals surface area contributed by atoms with E-state index in [1.165, 1.54) is 0 Å². The summed E-state index contributed by atoms with van der Waals surface area (Å²) < 4.78 is 0. The first-order valence-corrected chi connectivity index (χ1v) is 6.89. The van der Waals surface area contributed by atoms with Crippen LogP contribution in [0.1, 0.15) is 6.42 Å². The number of carboxylic acid groups (broad SMARTS) is 1. The van der Waals surface area contributed by atoms with Gasteiger partial charge in [0.25, 0.3) is 0 Å². The van der Waals surface area contributed by atoms with Crippen LogP contribution in [0.5, 0.6) is 0 Å². The molecule has 3 rings (SSSR count). The van der Waals surface area contributed by atoms with Crippen LogP contribution in [0.25, 0.3) is 0 Å². The number of hydrogen-bond acceptors (Lipinski definition) is 3. The summed E-state index contributed by atoms with van der Waals surface area (Å²) in [6.07, 6.45) is 4.53. The number of benzene rings is 1. The molecule has 104 valence electrons. The smallest absolute Gasteiger partial charge is 0.228 e. The fourth-order valence-electron chi connectivity index (χ4n) is 3.29. The number of hydrogen-bond donors (Lipinski definition) is 1. The Hall–Kier alpha value is -1.81. The first-order chi connectivity index (χ1) is 9.56. The number of fused-ring (bicyclic) bond motifs is 2. The molecule has 0 spiro atoms. The van der Waals surface area contributed by atoms with Gasteiger partial charge in [-0.15, -0.1) is 0 Å². The second kappa shape index (κ2) is 4.94. The number of anilines is 1. The van der Waals surface area contributed by atoms with Gasteiger partial charge in [-0.3, -0.25) is 4.79 Å². The summed E-state index contributed by atoms with van der Waals surface area (Å²) in [6.45, 7) is 0. The molecule has 1 amide bonds. The highest BCUT2D eigenvalue weighted by molar-refractivity contribution is 6.30. The maximum absolute atomic E-state index is 12.4. The molecule has 4 nitrogen and oxygen atoms in total. The van der Waals surface area contributed by atoms with Gasteiger partial charge in [0.1, 0.15) is 0 Å². The molecule has 0 aromatic heterocycles. The van der Waals surface area contributed by atoms with Crippen molar-refractivity contribution >= 4 is 29.2 Å². The van der Waals surface area contributed by atoms with Gasteiger partial charge in [-0.1, -0.05) is 29.8 Å². The van der Waals surface area contributed by atoms with Gasteiger partial charge in [-0.25, -0.2) is 0 Å². The van der Waals surface area contributed by atoms with E-state index in [4.69, 9.17) is 11.6 Å². The van der Waals surface area contributed by atoms with E-state index < -0.39 is 17.8 Å². The van der Waals surface area contributed by atoms with Gasteiger partial charge in [0.15, 0.2) is 0 Å². The van der Waals surface area contributed by atoms with E-state index in [2.05, 4.69) is 5.32 Å². The van der Waals surface area contributed by atoms with Crippen LogP contribution >= 0.6 is 11.6 Å². The summed E-state index contributed by atoms with van der Waals surface area (Å²) >= 11 is 5.86. The van der Waals surface area contributed by atoms with E-state index in [1.54, 1.807) is 24.3 Å². The topological polar surface area (TPSA) is 69.2 Å². The van der Waals surface area contributed by atoms with Gasteiger partial charge in [0.05, 0.1) is 5.92 Å². The van der Waals surface area contributed by atoms with E-state index in [9.17, 15) is 14.7 Å². The Kier molecular flexibility index (Phi) is 3.26. The first-order valence-electron chi connectivity index (χ1n) is 6.52. The van der Waals surface area contributed by atoms with Crippen LogP contribution in [-0.2, 0) is 9.59 Å². The summed E-state index contributed by atoms with van der Waals surface area (Å²) in [5.74, 6) is -2.81. The van der Waals surface area contributed by atoms with Crippen LogP contribution in [0, 0.1) is 23.7 Å². The van der Waals surface area contributed by atoms with Crippen molar-refractivity contribution in [2.24, 2.45) is 23.7 Å². The number of nitrogens with one attached hydrogen (secondary N) is 1. The predicted molar refractivity (Wildman–Crippen MR) is 72.8 cm³/mol. The van der Waals surface area contributed by atoms with Crippen molar-refractivity contribution in [3.8, 4) is 0 Å². The fourth-order valence-corrected chi connectivity index (χ4v) is 3.48. The Morgan fingerprint density at radius 3 is 2.55 bits per heavy atom. The summed E-state index contributed by atoms with van der Waals surface area (Å²) in [6, 6.07) is 6.80. The van der Waals surface area contributed by atoms with Crippen molar-refractivity contribution in [3.05, 3.63) is 41.4 Å². The Morgan fingerprint density at radius 2 is 1.90 bits per heavy atom. The van der Waals surface area contributed by atoms with Crippen molar-refractivity contribution in [1.82, 2.24) is 0 Å². The van der Waals surface area contributed by atoms with E-state index in [1.807, 2.05) is 12.2 Å². The molecule has 0 unspecified atom stereocenters. The van der Waals surface area contributed by atoms with Crippen LogP contribution in [0.15, 0.2) is 36.4 Å². The largest absolute Gasteiger partial charge is 0.550 e. The molecule has 1 saturated carbocycles. The molecule has 1 aromatic carbocycles. The third kappa shape index (κ3) is 2.20. The lowest BCUT2D eigenvalue weighted by Gasteiger charge is -2.27. The van der Waals surface area contributed by atoms with Crippen LogP contribution in [0.4, 0.5) is 5.69 Å². The zero-order chi connectivity index (χ0) is 14.3. The zero-order valence-electron chi connectivity index (χ0n) is 10.6. The van der Waals surface area contributed by atoms with E-state index in [-0.39, 0.29) is 17.7 Å². The van der Waals surface area contributed by atoms with Gasteiger partial charge in [0.2, 0.25) is 5.91 Å². The molecular weight excluding hydrogens is 278 g/mol. The van der Waals surface area contributed by atoms with Crippen LogP contribution in [0.3, 0.4) is 0 Å². The highest BCUT2D eigenvalue weighted by Crippen LogP contribution is 2.48. The van der Waals surface area contributed by atoms with Gasteiger partial charge in [0, 0.05) is 22.6 Å². The third-order valence-corrected chi connectivity index (χ3v) is 4.36. The molecule has 2 aliphatic carbocycles. The number of aliphatic carboxylic acids is 1. The highest BCUT2D eigenvalue weighted by Gasteiger charge is 2.48. The van der Waals surface area contributed by atoms with E-state index >= 15 is 0 Å². The van der Waals surface area contributed by atoms with E-state index in [0.717, 1.165) is 0 Å². The minimum absolute atomic E-state index is 0.0120. The average molecular weight is 291 g/mol. The Bertz CT molecular complexity index is 599. The van der Waals surface area contributed by atoms with Crippen molar-refractivity contribution in [2.45, 2.75) is 6.42 Å². The third-order valence-electron chi connectivity index (χ3n) is 4.13. The second-order valence-corrected chi connectivity index (χ2v) is 5.75.